The van der Waals surface area contributed by atoms with Crippen molar-refractivity contribution in [1.29, 1.82) is 0 Å². The zero-order chi connectivity index (χ0) is 14.8. The van der Waals surface area contributed by atoms with Crippen LogP contribution in [-0.2, 0) is 0 Å². The predicted octanol–water partition coefficient (Wildman–Crippen LogP) is 2.74. The number of benzene rings is 1. The second-order valence-electron chi connectivity index (χ2n) is 6.07. The van der Waals surface area contributed by atoms with Crippen LogP contribution in [-0.4, -0.2) is 31.6 Å². The third-order valence-corrected chi connectivity index (χ3v) is 4.38. The van der Waals surface area contributed by atoms with Gasteiger partial charge in [0.25, 0.3) is 5.91 Å². The first kappa shape index (κ1) is 20.0. The van der Waals surface area contributed by atoms with Crippen LogP contribution < -0.4 is 16.0 Å². The molecule has 1 aliphatic heterocycles. The van der Waals surface area contributed by atoms with E-state index in [0.717, 1.165) is 38.8 Å². The van der Waals surface area contributed by atoms with Crippen molar-refractivity contribution in [3.8, 4) is 0 Å². The number of rotatable bonds is 5. The van der Waals surface area contributed by atoms with E-state index < -0.39 is 0 Å². The van der Waals surface area contributed by atoms with E-state index in [0.29, 0.717) is 23.7 Å². The monoisotopic (exact) mass is 363 g/mol. The van der Waals surface area contributed by atoms with Gasteiger partial charge in [-0.25, -0.2) is 4.39 Å². The van der Waals surface area contributed by atoms with Crippen molar-refractivity contribution in [3.05, 3.63) is 29.6 Å². The van der Waals surface area contributed by atoms with Crippen molar-refractivity contribution in [2.45, 2.75) is 31.7 Å². The Morgan fingerprint density at radius 1 is 1.30 bits per heavy atom. The van der Waals surface area contributed by atoms with Gasteiger partial charge in [-0.3, -0.25) is 4.79 Å². The number of nitrogens with zero attached hydrogens (tertiary/aromatic N) is 1. The molecule has 23 heavy (non-hydrogen) atoms. The molecule has 1 saturated heterocycles. The van der Waals surface area contributed by atoms with E-state index in [-0.39, 0.29) is 42.6 Å². The van der Waals surface area contributed by atoms with Crippen LogP contribution in [0.1, 0.15) is 36.0 Å². The van der Waals surface area contributed by atoms with E-state index in [1.807, 2.05) is 4.90 Å². The molecule has 1 aromatic rings. The fourth-order valence-corrected chi connectivity index (χ4v) is 2.87. The van der Waals surface area contributed by atoms with Crippen LogP contribution >= 0.6 is 24.8 Å². The minimum absolute atomic E-state index is 0. The molecule has 0 aromatic heterocycles. The van der Waals surface area contributed by atoms with Gasteiger partial charge in [-0.1, -0.05) is 0 Å². The van der Waals surface area contributed by atoms with E-state index in [4.69, 9.17) is 5.73 Å². The Balaban J connectivity index is 0.00000132. The highest BCUT2D eigenvalue weighted by Gasteiger charge is 2.28. The zero-order valence-electron chi connectivity index (χ0n) is 13.0. The van der Waals surface area contributed by atoms with E-state index in [2.05, 4.69) is 5.32 Å². The van der Waals surface area contributed by atoms with Gasteiger partial charge in [-0.2, -0.15) is 0 Å². The van der Waals surface area contributed by atoms with Crippen molar-refractivity contribution in [1.82, 2.24) is 5.32 Å². The molecular weight excluding hydrogens is 340 g/mol. The van der Waals surface area contributed by atoms with Gasteiger partial charge >= 0.3 is 0 Å². The maximum absolute atomic E-state index is 14.2. The summed E-state index contributed by atoms with van der Waals surface area (Å²) < 4.78 is 14.2. The molecule has 1 saturated carbocycles. The normalized spacial score (nSPS) is 17.9. The molecule has 1 amide bonds. The molecule has 2 fully saturated rings. The van der Waals surface area contributed by atoms with E-state index in [9.17, 15) is 9.18 Å². The Kier molecular flexibility index (Phi) is 7.58. The molecule has 0 radical (unpaired) electrons. The summed E-state index contributed by atoms with van der Waals surface area (Å²) in [5.74, 6) is -0.0337. The van der Waals surface area contributed by atoms with Crippen LogP contribution in [0.5, 0.6) is 0 Å². The molecule has 1 aliphatic carbocycles. The summed E-state index contributed by atoms with van der Waals surface area (Å²) in [6.45, 7) is 2.23. The van der Waals surface area contributed by atoms with Gasteiger partial charge in [0.1, 0.15) is 5.82 Å². The van der Waals surface area contributed by atoms with Gasteiger partial charge in [-0.05, 0) is 49.8 Å². The third-order valence-electron chi connectivity index (χ3n) is 4.38. The summed E-state index contributed by atoms with van der Waals surface area (Å²) >= 11 is 0. The standard InChI is InChI=1S/C16H22FN3O.2ClH/c17-13-9-12(5-6-15(13)20-7-1-2-8-20)16(21)19-10-14(18)11-3-4-11;;/h5-6,9,11,14H,1-4,7-8,10,18H2,(H,19,21);2*1H. The number of hydrogen-bond donors (Lipinski definition) is 2. The summed E-state index contributed by atoms with van der Waals surface area (Å²) in [7, 11) is 0. The number of carbonyl (C=O) groups excluding carboxylic acids is 1. The molecular formula is C16H24Cl2FN3O. The molecule has 4 nitrogen and oxygen atoms in total. The lowest BCUT2D eigenvalue weighted by Crippen LogP contribution is -2.38. The number of nitrogens with two attached hydrogens (primary N) is 1. The number of amides is 1. The maximum Gasteiger partial charge on any atom is 0.251 e. The molecule has 0 bridgehead atoms. The first-order valence-electron chi connectivity index (χ1n) is 7.73. The second kappa shape index (κ2) is 8.71. The van der Waals surface area contributed by atoms with Gasteiger partial charge < -0.3 is 16.0 Å². The molecule has 1 heterocycles. The zero-order valence-corrected chi connectivity index (χ0v) is 14.6. The van der Waals surface area contributed by atoms with Gasteiger partial charge in [-0.15, -0.1) is 24.8 Å². The fraction of sp³-hybridized carbons (Fsp3) is 0.562. The van der Waals surface area contributed by atoms with Gasteiger partial charge in [0.05, 0.1) is 5.69 Å². The highest BCUT2D eigenvalue weighted by molar-refractivity contribution is 5.94. The Bertz CT molecular complexity index is 534. The molecule has 1 aromatic carbocycles. The number of carbonyl (C=O) groups is 1. The van der Waals surface area contributed by atoms with Crippen LogP contribution in [0.25, 0.3) is 0 Å². The fourth-order valence-electron chi connectivity index (χ4n) is 2.87. The summed E-state index contributed by atoms with van der Waals surface area (Å²) in [6.07, 6.45) is 4.49. The first-order chi connectivity index (χ1) is 10.1. The minimum atomic E-state index is -0.323. The van der Waals surface area contributed by atoms with E-state index in [1.54, 1.807) is 12.1 Å². The summed E-state index contributed by atoms with van der Waals surface area (Å²) in [5.41, 5.74) is 6.90. The second-order valence-corrected chi connectivity index (χ2v) is 6.07. The van der Waals surface area contributed by atoms with Gasteiger partial charge in [0.15, 0.2) is 0 Å². The van der Waals surface area contributed by atoms with Gasteiger partial charge in [0.2, 0.25) is 0 Å². The largest absolute Gasteiger partial charge is 0.369 e. The Morgan fingerprint density at radius 2 is 1.96 bits per heavy atom. The average molecular weight is 364 g/mol. The van der Waals surface area contributed by atoms with E-state index in [1.165, 1.54) is 6.07 Å². The minimum Gasteiger partial charge on any atom is -0.369 e. The molecule has 3 rings (SSSR count). The lowest BCUT2D eigenvalue weighted by Gasteiger charge is -2.19. The van der Waals surface area contributed by atoms with Crippen molar-refractivity contribution < 1.29 is 9.18 Å². The Morgan fingerprint density at radius 3 is 2.52 bits per heavy atom. The average Bonchev–Trinajstić information content (AvgIpc) is 3.20. The number of halogens is 3. The Labute approximate surface area is 148 Å². The van der Waals surface area contributed by atoms with Crippen molar-refractivity contribution in [2.75, 3.05) is 24.5 Å². The topological polar surface area (TPSA) is 58.4 Å². The molecule has 3 N–H and O–H groups in total. The number of anilines is 1. The van der Waals surface area contributed by atoms with Crippen LogP contribution in [0, 0.1) is 11.7 Å². The SMILES string of the molecule is Cl.Cl.NC(CNC(=O)c1ccc(N2CCCC2)c(F)c1)C1CC1. The first-order valence-corrected chi connectivity index (χ1v) is 7.73. The number of hydrogen-bond acceptors (Lipinski definition) is 3. The lowest BCUT2D eigenvalue weighted by molar-refractivity contribution is 0.0950. The molecule has 130 valence electrons. The van der Waals surface area contributed by atoms with Gasteiger partial charge in [0, 0.05) is 31.2 Å². The van der Waals surface area contributed by atoms with Crippen molar-refractivity contribution in [3.63, 3.8) is 0 Å². The number of nitrogens with one attached hydrogen (secondary N) is 1. The summed E-state index contributed by atoms with van der Waals surface area (Å²) in [4.78, 5) is 14.1. The van der Waals surface area contributed by atoms with Crippen LogP contribution in [0.15, 0.2) is 18.2 Å². The van der Waals surface area contributed by atoms with Crippen LogP contribution in [0.3, 0.4) is 0 Å². The third kappa shape index (κ3) is 4.96. The lowest BCUT2D eigenvalue weighted by atomic mass is 10.1. The maximum atomic E-state index is 14.2. The smallest absolute Gasteiger partial charge is 0.251 e. The molecule has 1 atom stereocenters. The van der Waals surface area contributed by atoms with Crippen molar-refractivity contribution in [2.24, 2.45) is 11.7 Å². The highest BCUT2D eigenvalue weighted by Crippen LogP contribution is 2.31. The summed E-state index contributed by atoms with van der Waals surface area (Å²) in [5, 5.41) is 2.79. The predicted molar refractivity (Wildman–Crippen MR) is 95.4 cm³/mol. The molecule has 7 heteroatoms. The highest BCUT2D eigenvalue weighted by atomic mass is 35.5. The van der Waals surface area contributed by atoms with Crippen LogP contribution in [0.4, 0.5) is 10.1 Å². The van der Waals surface area contributed by atoms with Crippen LogP contribution in [0.2, 0.25) is 0 Å². The molecule has 0 spiro atoms. The quantitative estimate of drug-likeness (QED) is 0.845. The summed E-state index contributed by atoms with van der Waals surface area (Å²) in [6, 6.07) is 4.74. The van der Waals surface area contributed by atoms with Crippen molar-refractivity contribution >= 4 is 36.4 Å². The molecule has 1 unspecified atom stereocenters. The molecule has 2 aliphatic rings. The Hall–Kier alpha value is -1.04. The van der Waals surface area contributed by atoms with E-state index >= 15 is 0 Å².